The molecular formula is C14H17N3O2S. The van der Waals surface area contributed by atoms with Crippen LogP contribution in [0.15, 0.2) is 41.4 Å². The van der Waals surface area contributed by atoms with Gasteiger partial charge in [-0.3, -0.25) is 4.68 Å². The van der Waals surface area contributed by atoms with Crippen LogP contribution in [0.1, 0.15) is 24.1 Å². The number of hydrogen-bond acceptors (Lipinski definition) is 3. The highest BCUT2D eigenvalue weighted by Crippen LogP contribution is 2.18. The standard InChI is InChI=1S/C14H17N3O2S/c18-20(19,13-6-2-1-3-7-13)16-11-12-10-15-17-9-5-4-8-14(12)17/h1-3,6-7,10,16H,4-5,8-9,11H2. The molecule has 0 atom stereocenters. The highest BCUT2D eigenvalue weighted by molar-refractivity contribution is 7.89. The molecule has 0 unspecified atom stereocenters. The van der Waals surface area contributed by atoms with Gasteiger partial charge in [-0.1, -0.05) is 18.2 Å². The third-order valence-electron chi connectivity index (χ3n) is 3.57. The van der Waals surface area contributed by atoms with Gasteiger partial charge in [0.1, 0.15) is 0 Å². The predicted octanol–water partition coefficient (Wildman–Crippen LogP) is 1.70. The lowest BCUT2D eigenvalue weighted by Crippen LogP contribution is -2.24. The molecule has 0 amide bonds. The van der Waals surface area contributed by atoms with E-state index >= 15 is 0 Å². The van der Waals surface area contributed by atoms with Gasteiger partial charge < -0.3 is 0 Å². The fourth-order valence-electron chi connectivity index (χ4n) is 2.49. The van der Waals surface area contributed by atoms with E-state index in [2.05, 4.69) is 9.82 Å². The number of rotatable bonds is 4. The number of nitrogens with one attached hydrogen (secondary N) is 1. The molecule has 6 heteroatoms. The zero-order chi connectivity index (χ0) is 14.0. The van der Waals surface area contributed by atoms with E-state index in [-0.39, 0.29) is 0 Å². The van der Waals surface area contributed by atoms with Crippen LogP contribution in [0.5, 0.6) is 0 Å². The molecule has 1 aromatic carbocycles. The first kappa shape index (κ1) is 13.3. The minimum absolute atomic E-state index is 0.293. The van der Waals surface area contributed by atoms with Gasteiger partial charge >= 0.3 is 0 Å². The Morgan fingerprint density at radius 3 is 2.80 bits per heavy atom. The van der Waals surface area contributed by atoms with E-state index in [9.17, 15) is 8.42 Å². The van der Waals surface area contributed by atoms with Crippen LogP contribution in [0.25, 0.3) is 0 Å². The summed E-state index contributed by atoms with van der Waals surface area (Å²) in [7, 11) is -3.45. The molecule has 0 spiro atoms. The largest absolute Gasteiger partial charge is 0.269 e. The van der Waals surface area contributed by atoms with Crippen molar-refractivity contribution in [3.63, 3.8) is 0 Å². The van der Waals surface area contributed by atoms with Crippen LogP contribution in [0.3, 0.4) is 0 Å². The van der Waals surface area contributed by atoms with E-state index in [1.165, 1.54) is 0 Å². The van der Waals surface area contributed by atoms with Crippen molar-refractivity contribution in [1.29, 1.82) is 0 Å². The minimum atomic E-state index is -3.45. The lowest BCUT2D eigenvalue weighted by Gasteiger charge is -2.15. The molecule has 0 saturated carbocycles. The van der Waals surface area contributed by atoms with Gasteiger partial charge in [-0.15, -0.1) is 0 Å². The third-order valence-corrected chi connectivity index (χ3v) is 4.99. The van der Waals surface area contributed by atoms with Crippen LogP contribution in [0.4, 0.5) is 0 Å². The quantitative estimate of drug-likeness (QED) is 0.932. The molecule has 2 aromatic rings. The van der Waals surface area contributed by atoms with E-state index in [0.29, 0.717) is 11.4 Å². The van der Waals surface area contributed by atoms with Crippen LogP contribution >= 0.6 is 0 Å². The molecule has 0 fully saturated rings. The van der Waals surface area contributed by atoms with Crippen LogP contribution in [-0.2, 0) is 29.5 Å². The maximum absolute atomic E-state index is 12.2. The molecule has 1 aliphatic heterocycles. The van der Waals surface area contributed by atoms with Gasteiger partial charge in [-0.2, -0.15) is 5.10 Å². The Kier molecular flexibility index (Phi) is 3.58. The highest BCUT2D eigenvalue weighted by Gasteiger charge is 2.17. The fraction of sp³-hybridized carbons (Fsp3) is 0.357. The van der Waals surface area contributed by atoms with E-state index in [1.54, 1.807) is 36.5 Å². The van der Waals surface area contributed by atoms with Crippen LogP contribution in [-0.4, -0.2) is 18.2 Å². The Labute approximate surface area is 118 Å². The van der Waals surface area contributed by atoms with Gasteiger partial charge in [0.2, 0.25) is 10.0 Å². The van der Waals surface area contributed by atoms with Crippen LogP contribution < -0.4 is 4.72 Å². The number of fused-ring (bicyclic) bond motifs is 1. The lowest BCUT2D eigenvalue weighted by molar-refractivity contribution is 0.484. The van der Waals surface area contributed by atoms with E-state index in [1.807, 2.05) is 4.68 Å². The summed E-state index contributed by atoms with van der Waals surface area (Å²) in [5.41, 5.74) is 2.14. The Morgan fingerprint density at radius 1 is 1.20 bits per heavy atom. The van der Waals surface area contributed by atoms with E-state index in [4.69, 9.17) is 0 Å². The Hall–Kier alpha value is -1.66. The zero-order valence-corrected chi connectivity index (χ0v) is 11.9. The maximum atomic E-state index is 12.2. The lowest BCUT2D eigenvalue weighted by atomic mass is 10.1. The molecule has 0 aliphatic carbocycles. The second-order valence-corrected chi connectivity index (χ2v) is 6.70. The summed E-state index contributed by atoms with van der Waals surface area (Å²) in [6, 6.07) is 8.42. The zero-order valence-electron chi connectivity index (χ0n) is 11.1. The van der Waals surface area contributed by atoms with Crippen molar-refractivity contribution < 1.29 is 8.42 Å². The maximum Gasteiger partial charge on any atom is 0.240 e. The van der Waals surface area contributed by atoms with Crippen molar-refractivity contribution in [2.45, 2.75) is 37.2 Å². The second-order valence-electron chi connectivity index (χ2n) is 4.93. The average Bonchev–Trinajstić information content (AvgIpc) is 2.89. The van der Waals surface area contributed by atoms with Crippen molar-refractivity contribution in [1.82, 2.24) is 14.5 Å². The topological polar surface area (TPSA) is 64.0 Å². The molecule has 1 aliphatic rings. The first-order valence-corrected chi connectivity index (χ1v) is 8.23. The molecule has 2 heterocycles. The molecular weight excluding hydrogens is 274 g/mol. The number of sulfonamides is 1. The molecule has 5 nitrogen and oxygen atoms in total. The Bertz CT molecular complexity index is 692. The Balaban J connectivity index is 1.75. The molecule has 20 heavy (non-hydrogen) atoms. The second kappa shape index (κ2) is 5.38. The van der Waals surface area contributed by atoms with Gasteiger partial charge in [0.15, 0.2) is 0 Å². The summed E-state index contributed by atoms with van der Waals surface area (Å²) >= 11 is 0. The average molecular weight is 291 g/mol. The third kappa shape index (κ3) is 2.62. The summed E-state index contributed by atoms with van der Waals surface area (Å²) in [4.78, 5) is 0.293. The van der Waals surface area contributed by atoms with E-state index < -0.39 is 10.0 Å². The molecule has 1 N–H and O–H groups in total. The molecule has 3 rings (SSSR count). The fourth-order valence-corrected chi connectivity index (χ4v) is 3.52. The summed E-state index contributed by atoms with van der Waals surface area (Å²) in [5.74, 6) is 0. The number of benzene rings is 1. The monoisotopic (exact) mass is 291 g/mol. The summed E-state index contributed by atoms with van der Waals surface area (Å²) < 4.78 is 28.9. The normalized spacial score (nSPS) is 15.0. The van der Waals surface area contributed by atoms with Crippen LogP contribution in [0, 0.1) is 0 Å². The molecule has 0 bridgehead atoms. The molecule has 1 aromatic heterocycles. The van der Waals surface area contributed by atoms with Crippen molar-refractivity contribution >= 4 is 10.0 Å². The smallest absolute Gasteiger partial charge is 0.240 e. The van der Waals surface area contributed by atoms with Crippen molar-refractivity contribution in [2.75, 3.05) is 0 Å². The molecule has 106 valence electrons. The number of hydrogen-bond donors (Lipinski definition) is 1. The first-order chi connectivity index (χ1) is 9.67. The van der Waals surface area contributed by atoms with Crippen molar-refractivity contribution in [3.8, 4) is 0 Å². The van der Waals surface area contributed by atoms with Crippen molar-refractivity contribution in [3.05, 3.63) is 47.8 Å². The Morgan fingerprint density at radius 2 is 2.00 bits per heavy atom. The number of aromatic nitrogens is 2. The minimum Gasteiger partial charge on any atom is -0.269 e. The SMILES string of the molecule is O=S(=O)(NCc1cnn2c1CCCC2)c1ccccc1. The predicted molar refractivity (Wildman–Crippen MR) is 75.6 cm³/mol. The highest BCUT2D eigenvalue weighted by atomic mass is 32.2. The first-order valence-electron chi connectivity index (χ1n) is 6.75. The number of nitrogens with zero attached hydrogens (tertiary/aromatic N) is 2. The number of aryl methyl sites for hydroxylation is 1. The molecule has 0 saturated heterocycles. The van der Waals surface area contributed by atoms with Crippen molar-refractivity contribution in [2.24, 2.45) is 0 Å². The van der Waals surface area contributed by atoms with E-state index in [0.717, 1.165) is 37.1 Å². The van der Waals surface area contributed by atoms with Gasteiger partial charge in [0.05, 0.1) is 11.1 Å². The summed E-state index contributed by atoms with van der Waals surface area (Å²) in [5, 5.41) is 4.31. The molecule has 0 radical (unpaired) electrons. The van der Waals surface area contributed by atoms with Gasteiger partial charge in [0, 0.05) is 24.3 Å². The van der Waals surface area contributed by atoms with Gasteiger partial charge in [0.25, 0.3) is 0 Å². The van der Waals surface area contributed by atoms with Crippen LogP contribution in [0.2, 0.25) is 0 Å². The summed E-state index contributed by atoms with van der Waals surface area (Å²) in [6.45, 7) is 1.23. The summed E-state index contributed by atoms with van der Waals surface area (Å²) in [6.07, 6.45) is 5.03. The van der Waals surface area contributed by atoms with Gasteiger partial charge in [-0.25, -0.2) is 13.1 Å². The van der Waals surface area contributed by atoms with Gasteiger partial charge in [-0.05, 0) is 31.4 Å².